The summed E-state index contributed by atoms with van der Waals surface area (Å²) in [6.45, 7) is 1.46. The predicted octanol–water partition coefficient (Wildman–Crippen LogP) is 3.85. The van der Waals surface area contributed by atoms with E-state index in [0.29, 0.717) is 52.5 Å². The zero-order valence-electron chi connectivity index (χ0n) is 15.2. The van der Waals surface area contributed by atoms with E-state index in [1.54, 1.807) is 30.6 Å². The molecule has 3 heterocycles. The van der Waals surface area contributed by atoms with E-state index in [1.165, 1.54) is 12.3 Å². The summed E-state index contributed by atoms with van der Waals surface area (Å²) >= 11 is 12.3. The highest BCUT2D eigenvalue weighted by atomic mass is 35.5. The molecule has 1 aromatic carbocycles. The first-order chi connectivity index (χ1) is 14.1. The summed E-state index contributed by atoms with van der Waals surface area (Å²) < 4.78 is 20.1. The summed E-state index contributed by atoms with van der Waals surface area (Å²) in [7, 11) is 0. The molecule has 150 valence electrons. The van der Waals surface area contributed by atoms with Gasteiger partial charge >= 0.3 is 0 Å². The summed E-state index contributed by atoms with van der Waals surface area (Å²) in [5.41, 5.74) is 1.64. The quantitative estimate of drug-likeness (QED) is 0.672. The van der Waals surface area contributed by atoms with Gasteiger partial charge in [0.1, 0.15) is 17.3 Å². The topological polar surface area (TPSA) is 71.4 Å². The minimum absolute atomic E-state index is 0.0823. The van der Waals surface area contributed by atoms with E-state index >= 15 is 0 Å². The van der Waals surface area contributed by atoms with Crippen LogP contribution in [0.4, 0.5) is 10.2 Å². The number of benzene rings is 1. The molecule has 29 heavy (non-hydrogen) atoms. The summed E-state index contributed by atoms with van der Waals surface area (Å²) in [4.78, 5) is 15.2. The second-order valence-electron chi connectivity index (χ2n) is 6.53. The molecule has 9 heteroatoms. The maximum atomic E-state index is 14.6. The van der Waals surface area contributed by atoms with Crippen molar-refractivity contribution in [1.29, 1.82) is 0 Å². The number of aliphatic hydroxyl groups is 1. The lowest BCUT2D eigenvalue weighted by Crippen LogP contribution is -2.44. The van der Waals surface area contributed by atoms with Crippen molar-refractivity contribution in [2.75, 3.05) is 31.2 Å². The summed E-state index contributed by atoms with van der Waals surface area (Å²) in [5.74, 6) is 0.0884. The standard InChI is InChI=1S/C20H17Cl2FN4O2/c21-12-1-2-15(17(23)7-12)19-20(14-3-4-24-8-16(14)22)26-18(9-25-19)27-5-6-29-13(10-27)11-28/h1-4,7-9,13,28H,5-6,10-11H2. The van der Waals surface area contributed by atoms with Gasteiger partial charge in [-0.2, -0.15) is 0 Å². The summed E-state index contributed by atoms with van der Waals surface area (Å²) in [6, 6.07) is 6.11. The largest absolute Gasteiger partial charge is 0.394 e. The number of halogens is 3. The molecule has 1 unspecified atom stereocenters. The van der Waals surface area contributed by atoms with E-state index in [0.717, 1.165) is 0 Å². The van der Waals surface area contributed by atoms with Crippen LogP contribution in [0, 0.1) is 5.82 Å². The van der Waals surface area contributed by atoms with Gasteiger partial charge in [-0.25, -0.2) is 14.4 Å². The molecule has 6 nitrogen and oxygen atoms in total. The molecule has 3 aromatic rings. The number of hydrogen-bond acceptors (Lipinski definition) is 6. The van der Waals surface area contributed by atoms with Crippen molar-refractivity contribution >= 4 is 29.0 Å². The van der Waals surface area contributed by atoms with Gasteiger partial charge in [-0.3, -0.25) is 4.98 Å². The molecular formula is C20H17Cl2FN4O2. The Bertz CT molecular complexity index is 1040. The van der Waals surface area contributed by atoms with E-state index in [2.05, 4.69) is 9.97 Å². The van der Waals surface area contributed by atoms with Gasteiger partial charge in [-0.05, 0) is 24.3 Å². The van der Waals surface area contributed by atoms with E-state index in [1.807, 2.05) is 4.90 Å². The summed E-state index contributed by atoms with van der Waals surface area (Å²) in [6.07, 6.45) is 4.38. The van der Waals surface area contributed by atoms with Gasteiger partial charge in [0.25, 0.3) is 0 Å². The fourth-order valence-electron chi connectivity index (χ4n) is 3.20. The number of pyridine rings is 1. The number of nitrogens with zero attached hydrogens (tertiary/aromatic N) is 4. The van der Waals surface area contributed by atoms with Crippen LogP contribution in [0.25, 0.3) is 22.5 Å². The molecule has 4 rings (SSSR count). The minimum Gasteiger partial charge on any atom is -0.394 e. The van der Waals surface area contributed by atoms with Crippen LogP contribution in [-0.2, 0) is 4.74 Å². The van der Waals surface area contributed by atoms with Crippen molar-refractivity contribution in [3.8, 4) is 22.5 Å². The first-order valence-electron chi connectivity index (χ1n) is 8.96. The normalized spacial score (nSPS) is 16.8. The molecule has 0 saturated carbocycles. The minimum atomic E-state index is -0.502. The van der Waals surface area contributed by atoms with Crippen LogP contribution in [0.15, 0.2) is 42.9 Å². The average molecular weight is 435 g/mol. The van der Waals surface area contributed by atoms with Gasteiger partial charge in [0.05, 0.1) is 36.2 Å². The van der Waals surface area contributed by atoms with Crippen LogP contribution in [-0.4, -0.2) is 52.5 Å². The Morgan fingerprint density at radius 3 is 2.79 bits per heavy atom. The van der Waals surface area contributed by atoms with Gasteiger partial charge in [-0.1, -0.05) is 23.2 Å². The second-order valence-corrected chi connectivity index (χ2v) is 7.37. The van der Waals surface area contributed by atoms with Crippen LogP contribution in [0.1, 0.15) is 0 Å². The van der Waals surface area contributed by atoms with E-state index in [9.17, 15) is 9.50 Å². The highest BCUT2D eigenvalue weighted by molar-refractivity contribution is 6.33. The molecule has 0 bridgehead atoms. The number of aliphatic hydroxyl groups excluding tert-OH is 1. The lowest BCUT2D eigenvalue weighted by Gasteiger charge is -2.33. The first-order valence-corrected chi connectivity index (χ1v) is 9.72. The highest BCUT2D eigenvalue weighted by Crippen LogP contribution is 2.36. The van der Waals surface area contributed by atoms with Crippen LogP contribution in [0.3, 0.4) is 0 Å². The fraction of sp³-hybridized carbons (Fsp3) is 0.250. The van der Waals surface area contributed by atoms with E-state index in [4.69, 9.17) is 32.9 Å². The van der Waals surface area contributed by atoms with Gasteiger partial charge in [0.2, 0.25) is 0 Å². The molecule has 1 N–H and O–H groups in total. The third-order valence-electron chi connectivity index (χ3n) is 4.64. The van der Waals surface area contributed by atoms with Crippen molar-refractivity contribution in [3.05, 3.63) is 58.7 Å². The zero-order chi connectivity index (χ0) is 20.4. The number of ether oxygens (including phenoxy) is 1. The molecular weight excluding hydrogens is 418 g/mol. The molecule has 1 atom stereocenters. The first kappa shape index (κ1) is 20.0. The number of anilines is 1. The third-order valence-corrected chi connectivity index (χ3v) is 5.18. The fourth-order valence-corrected chi connectivity index (χ4v) is 3.57. The number of aromatic nitrogens is 3. The maximum absolute atomic E-state index is 14.6. The Hall–Kier alpha value is -2.32. The second kappa shape index (κ2) is 8.59. The van der Waals surface area contributed by atoms with Crippen LogP contribution < -0.4 is 4.90 Å². The monoisotopic (exact) mass is 434 g/mol. The predicted molar refractivity (Wildman–Crippen MR) is 110 cm³/mol. The average Bonchev–Trinajstić information content (AvgIpc) is 2.74. The van der Waals surface area contributed by atoms with Crippen LogP contribution in [0.2, 0.25) is 10.0 Å². The summed E-state index contributed by atoms with van der Waals surface area (Å²) in [5, 5.41) is 10.1. The van der Waals surface area contributed by atoms with Crippen molar-refractivity contribution in [2.24, 2.45) is 0 Å². The SMILES string of the molecule is OCC1CN(c2cnc(-c3ccc(Cl)cc3F)c(-c3ccncc3Cl)n2)CCO1. The molecule has 1 aliphatic heterocycles. The number of morpholine rings is 1. The van der Waals surface area contributed by atoms with Gasteiger partial charge in [0.15, 0.2) is 0 Å². The Morgan fingerprint density at radius 2 is 2.03 bits per heavy atom. The molecule has 1 saturated heterocycles. The van der Waals surface area contributed by atoms with Gasteiger partial charge in [0, 0.05) is 41.6 Å². The number of rotatable bonds is 4. The van der Waals surface area contributed by atoms with Crippen molar-refractivity contribution in [2.45, 2.75) is 6.10 Å². The van der Waals surface area contributed by atoms with Gasteiger partial charge in [-0.15, -0.1) is 0 Å². The molecule has 0 spiro atoms. The Kier molecular flexibility index (Phi) is 5.91. The van der Waals surface area contributed by atoms with Gasteiger partial charge < -0.3 is 14.7 Å². The van der Waals surface area contributed by atoms with Crippen LogP contribution in [0.5, 0.6) is 0 Å². The smallest absolute Gasteiger partial charge is 0.148 e. The molecule has 0 amide bonds. The maximum Gasteiger partial charge on any atom is 0.148 e. The van der Waals surface area contributed by atoms with Crippen molar-refractivity contribution in [3.63, 3.8) is 0 Å². The molecule has 0 aliphatic carbocycles. The zero-order valence-corrected chi connectivity index (χ0v) is 16.7. The molecule has 1 fully saturated rings. The van der Waals surface area contributed by atoms with Crippen molar-refractivity contribution in [1.82, 2.24) is 15.0 Å². The van der Waals surface area contributed by atoms with Crippen LogP contribution >= 0.6 is 23.2 Å². The van der Waals surface area contributed by atoms with Crippen molar-refractivity contribution < 1.29 is 14.2 Å². The number of hydrogen-bond donors (Lipinski definition) is 1. The highest BCUT2D eigenvalue weighted by Gasteiger charge is 2.24. The third kappa shape index (κ3) is 4.18. The Labute approximate surface area is 176 Å². The lowest BCUT2D eigenvalue weighted by molar-refractivity contribution is 0.00335. The molecule has 0 radical (unpaired) electrons. The molecule has 2 aromatic heterocycles. The molecule has 1 aliphatic rings. The lowest BCUT2D eigenvalue weighted by atomic mass is 10.0. The van der Waals surface area contributed by atoms with E-state index < -0.39 is 5.82 Å². The Balaban J connectivity index is 1.84. The Morgan fingerprint density at radius 1 is 1.17 bits per heavy atom. The van der Waals surface area contributed by atoms with E-state index in [-0.39, 0.29) is 18.3 Å².